The van der Waals surface area contributed by atoms with Crippen molar-refractivity contribution >= 4 is 40.9 Å². The van der Waals surface area contributed by atoms with E-state index >= 15 is 0 Å². The highest BCUT2D eigenvalue weighted by Crippen LogP contribution is 2.51. The van der Waals surface area contributed by atoms with E-state index in [1.165, 1.54) is 0 Å². The van der Waals surface area contributed by atoms with Gasteiger partial charge in [-0.3, -0.25) is 4.79 Å². The summed E-state index contributed by atoms with van der Waals surface area (Å²) in [7, 11) is 0. The van der Waals surface area contributed by atoms with Gasteiger partial charge in [0.25, 0.3) is 0 Å². The van der Waals surface area contributed by atoms with Crippen LogP contribution in [0.1, 0.15) is 24.3 Å². The molecule has 0 bridgehead atoms. The van der Waals surface area contributed by atoms with Crippen LogP contribution in [0.3, 0.4) is 0 Å². The fourth-order valence-electron chi connectivity index (χ4n) is 2.82. The molecule has 1 heterocycles. The first-order chi connectivity index (χ1) is 9.68. The average Bonchev–Trinajstić information content (AvgIpc) is 3.24. The van der Waals surface area contributed by atoms with Crippen LogP contribution in [-0.2, 0) is 4.79 Å². The zero-order valence-corrected chi connectivity index (χ0v) is 13.5. The van der Waals surface area contributed by atoms with Crippen molar-refractivity contribution in [1.29, 1.82) is 0 Å². The quantitative estimate of drug-likeness (QED) is 0.815. The first-order valence-electron chi connectivity index (χ1n) is 6.99. The van der Waals surface area contributed by atoms with Crippen LogP contribution in [0.25, 0.3) is 0 Å². The van der Waals surface area contributed by atoms with Crippen molar-refractivity contribution in [3.8, 4) is 0 Å². The molecule has 2 aliphatic rings. The molecule has 1 aromatic carbocycles. The Morgan fingerprint density at radius 3 is 2.95 bits per heavy atom. The Kier molecular flexibility index (Phi) is 4.49. The van der Waals surface area contributed by atoms with Crippen molar-refractivity contribution < 1.29 is 4.79 Å². The minimum Gasteiger partial charge on any atom is -0.342 e. The molecule has 1 saturated carbocycles. The van der Waals surface area contributed by atoms with Crippen molar-refractivity contribution in [2.75, 3.05) is 24.6 Å². The van der Waals surface area contributed by atoms with Gasteiger partial charge in [-0.2, -0.15) is 11.8 Å². The number of halogens is 2. The molecule has 1 saturated heterocycles. The van der Waals surface area contributed by atoms with Crippen LogP contribution in [-0.4, -0.2) is 35.4 Å². The van der Waals surface area contributed by atoms with E-state index in [2.05, 4.69) is 0 Å². The van der Waals surface area contributed by atoms with E-state index in [1.807, 2.05) is 28.8 Å². The number of hydrogen-bond donors (Lipinski definition) is 0. The second-order valence-corrected chi connectivity index (χ2v) is 7.39. The molecule has 2 fully saturated rings. The van der Waals surface area contributed by atoms with Crippen LogP contribution < -0.4 is 0 Å². The molecule has 108 valence electrons. The predicted molar refractivity (Wildman–Crippen MR) is 85.8 cm³/mol. The highest BCUT2D eigenvalue weighted by atomic mass is 35.5. The molecule has 2 nitrogen and oxygen atoms in total. The maximum atomic E-state index is 12.5. The minimum atomic E-state index is 0.106. The zero-order valence-electron chi connectivity index (χ0n) is 11.1. The van der Waals surface area contributed by atoms with E-state index in [1.54, 1.807) is 6.07 Å². The Morgan fingerprint density at radius 1 is 1.25 bits per heavy atom. The fourth-order valence-corrected chi connectivity index (χ4v) is 4.15. The number of benzene rings is 1. The molecule has 5 heteroatoms. The maximum Gasteiger partial charge on any atom is 0.226 e. The van der Waals surface area contributed by atoms with Gasteiger partial charge in [0.15, 0.2) is 0 Å². The average molecular weight is 330 g/mol. The van der Waals surface area contributed by atoms with E-state index in [9.17, 15) is 4.79 Å². The molecule has 1 aromatic rings. The molecule has 0 N–H and O–H groups in total. The Bertz CT molecular complexity index is 515. The SMILES string of the molecule is O=C([C@H]1C[C@@H]1c1cccc(Cl)c1Cl)N1CCCSCC1. The number of nitrogens with zero attached hydrogens (tertiary/aromatic N) is 1. The molecule has 0 spiro atoms. The lowest BCUT2D eigenvalue weighted by molar-refractivity contribution is -0.132. The second kappa shape index (κ2) is 6.17. The molecular weight excluding hydrogens is 313 g/mol. The molecule has 0 aromatic heterocycles. The Hall–Kier alpha value is -0.380. The fraction of sp³-hybridized carbons (Fsp3) is 0.533. The molecule has 1 aliphatic heterocycles. The van der Waals surface area contributed by atoms with E-state index in [0.717, 1.165) is 43.0 Å². The molecule has 1 amide bonds. The normalized spacial score (nSPS) is 26.2. The Labute approximate surface area is 133 Å². The van der Waals surface area contributed by atoms with Gasteiger partial charge in [-0.25, -0.2) is 0 Å². The van der Waals surface area contributed by atoms with Crippen LogP contribution in [0.2, 0.25) is 10.0 Å². The molecule has 3 rings (SSSR count). The molecule has 20 heavy (non-hydrogen) atoms. The van der Waals surface area contributed by atoms with Crippen LogP contribution >= 0.6 is 35.0 Å². The number of rotatable bonds is 2. The minimum absolute atomic E-state index is 0.106. The van der Waals surface area contributed by atoms with Gasteiger partial charge in [0, 0.05) is 24.8 Å². The lowest BCUT2D eigenvalue weighted by Crippen LogP contribution is -2.34. The summed E-state index contributed by atoms with van der Waals surface area (Å²) in [5.74, 6) is 2.88. The summed E-state index contributed by atoms with van der Waals surface area (Å²) < 4.78 is 0. The Morgan fingerprint density at radius 2 is 2.10 bits per heavy atom. The van der Waals surface area contributed by atoms with Gasteiger partial charge in [-0.15, -0.1) is 0 Å². The van der Waals surface area contributed by atoms with Gasteiger partial charge in [0.2, 0.25) is 5.91 Å². The zero-order chi connectivity index (χ0) is 14.1. The summed E-state index contributed by atoms with van der Waals surface area (Å²) in [4.78, 5) is 14.6. The summed E-state index contributed by atoms with van der Waals surface area (Å²) in [6, 6.07) is 5.69. The van der Waals surface area contributed by atoms with Gasteiger partial charge in [0.1, 0.15) is 0 Å². The van der Waals surface area contributed by atoms with E-state index in [4.69, 9.17) is 23.2 Å². The van der Waals surface area contributed by atoms with E-state index in [-0.39, 0.29) is 11.8 Å². The highest BCUT2D eigenvalue weighted by Gasteiger charge is 2.46. The lowest BCUT2D eigenvalue weighted by atomic mass is 10.1. The second-order valence-electron chi connectivity index (χ2n) is 5.38. The first kappa shape index (κ1) is 14.6. The summed E-state index contributed by atoms with van der Waals surface area (Å²) in [5.41, 5.74) is 1.03. The number of amides is 1. The van der Waals surface area contributed by atoms with Crippen LogP contribution in [0, 0.1) is 5.92 Å². The van der Waals surface area contributed by atoms with Gasteiger partial charge >= 0.3 is 0 Å². The number of carbonyl (C=O) groups excluding carboxylic acids is 1. The first-order valence-corrected chi connectivity index (χ1v) is 8.90. The van der Waals surface area contributed by atoms with Crippen LogP contribution in [0.4, 0.5) is 0 Å². The summed E-state index contributed by atoms with van der Waals surface area (Å²) in [6.07, 6.45) is 2.01. The van der Waals surface area contributed by atoms with Crippen molar-refractivity contribution in [2.24, 2.45) is 5.92 Å². The number of thioether (sulfide) groups is 1. The van der Waals surface area contributed by atoms with Gasteiger partial charge in [0.05, 0.1) is 10.0 Å². The third-order valence-electron chi connectivity index (χ3n) is 4.02. The lowest BCUT2D eigenvalue weighted by Gasteiger charge is -2.20. The number of hydrogen-bond acceptors (Lipinski definition) is 2. The van der Waals surface area contributed by atoms with E-state index in [0.29, 0.717) is 16.0 Å². The molecular formula is C15H17Cl2NOS. The highest BCUT2D eigenvalue weighted by molar-refractivity contribution is 7.99. The molecule has 1 aliphatic carbocycles. The maximum absolute atomic E-state index is 12.5. The summed E-state index contributed by atoms with van der Waals surface area (Å²) in [6.45, 7) is 1.79. The van der Waals surface area contributed by atoms with Crippen molar-refractivity contribution in [3.05, 3.63) is 33.8 Å². The van der Waals surface area contributed by atoms with Gasteiger partial charge in [-0.05, 0) is 36.1 Å². The Balaban J connectivity index is 1.69. The van der Waals surface area contributed by atoms with Crippen LogP contribution in [0.5, 0.6) is 0 Å². The molecule has 0 unspecified atom stereocenters. The third kappa shape index (κ3) is 2.95. The largest absolute Gasteiger partial charge is 0.342 e. The topological polar surface area (TPSA) is 20.3 Å². The predicted octanol–water partition coefficient (Wildman–Crippen LogP) is 4.06. The molecule has 0 radical (unpaired) electrons. The van der Waals surface area contributed by atoms with Crippen molar-refractivity contribution in [2.45, 2.75) is 18.8 Å². The van der Waals surface area contributed by atoms with Crippen molar-refractivity contribution in [1.82, 2.24) is 4.90 Å². The molecule has 2 atom stereocenters. The smallest absolute Gasteiger partial charge is 0.226 e. The van der Waals surface area contributed by atoms with Crippen molar-refractivity contribution in [3.63, 3.8) is 0 Å². The summed E-state index contributed by atoms with van der Waals surface area (Å²) >= 11 is 14.2. The van der Waals surface area contributed by atoms with E-state index < -0.39 is 0 Å². The van der Waals surface area contributed by atoms with Gasteiger partial charge < -0.3 is 4.90 Å². The standard InChI is InChI=1S/C15H17Cl2NOS/c16-13-4-1-3-10(14(13)17)11-9-12(11)15(19)18-5-2-7-20-8-6-18/h1,3-4,11-12H,2,5-9H2/t11-,12+/m1/s1. The summed E-state index contributed by atoms with van der Waals surface area (Å²) in [5, 5.41) is 1.19. The third-order valence-corrected chi connectivity index (χ3v) is 5.90. The number of carbonyl (C=O) groups is 1. The monoisotopic (exact) mass is 329 g/mol. The van der Waals surface area contributed by atoms with Crippen LogP contribution in [0.15, 0.2) is 18.2 Å². The van der Waals surface area contributed by atoms with Gasteiger partial charge in [-0.1, -0.05) is 35.3 Å².